The van der Waals surface area contributed by atoms with Crippen molar-refractivity contribution in [1.82, 2.24) is 9.47 Å². The number of hydrogen-bond acceptors (Lipinski definition) is 2. The summed E-state index contributed by atoms with van der Waals surface area (Å²) < 4.78 is 2.37. The molecule has 0 aromatic carbocycles. The minimum absolute atomic E-state index is 0.355. The molecule has 3 aliphatic rings. The number of carbonyl (C=O) groups excluding carboxylic acids is 1. The number of aryl methyl sites for hydroxylation is 1. The number of aromatic nitrogens is 1. The van der Waals surface area contributed by atoms with Crippen LogP contribution in [-0.2, 0) is 13.0 Å². The van der Waals surface area contributed by atoms with Crippen LogP contribution in [0.5, 0.6) is 0 Å². The van der Waals surface area contributed by atoms with Gasteiger partial charge in [0.25, 0.3) is 0 Å². The largest absolute Gasteiger partial charge is 0.351 e. The molecule has 132 valence electrons. The van der Waals surface area contributed by atoms with E-state index in [0.29, 0.717) is 5.78 Å². The average Bonchev–Trinajstić information content (AvgIpc) is 3.02. The van der Waals surface area contributed by atoms with Gasteiger partial charge in [-0.2, -0.15) is 0 Å². The third kappa shape index (κ3) is 3.20. The molecule has 0 radical (unpaired) electrons. The Morgan fingerprint density at radius 3 is 2.71 bits per heavy atom. The number of rotatable bonds is 5. The lowest BCUT2D eigenvalue weighted by Gasteiger charge is -2.46. The van der Waals surface area contributed by atoms with E-state index in [9.17, 15) is 4.79 Å². The summed E-state index contributed by atoms with van der Waals surface area (Å²) in [6.07, 6.45) is 12.0. The molecule has 0 N–H and O–H groups in total. The van der Waals surface area contributed by atoms with Crippen molar-refractivity contribution in [3.8, 4) is 0 Å². The van der Waals surface area contributed by atoms with Gasteiger partial charge >= 0.3 is 0 Å². The van der Waals surface area contributed by atoms with Crippen LogP contribution in [0.1, 0.15) is 67.9 Å². The van der Waals surface area contributed by atoms with Crippen LogP contribution in [0.4, 0.5) is 0 Å². The van der Waals surface area contributed by atoms with E-state index in [2.05, 4.69) is 28.7 Å². The number of fused-ring (bicyclic) bond motifs is 1. The van der Waals surface area contributed by atoms with Crippen molar-refractivity contribution in [2.75, 3.05) is 19.6 Å². The van der Waals surface area contributed by atoms with E-state index in [1.54, 1.807) is 0 Å². The number of ketones is 1. The maximum Gasteiger partial charge on any atom is 0.164 e. The zero-order chi connectivity index (χ0) is 16.5. The van der Waals surface area contributed by atoms with Gasteiger partial charge in [0.15, 0.2) is 5.78 Å². The lowest BCUT2D eigenvalue weighted by atomic mass is 9.64. The Balaban J connectivity index is 1.26. The Labute approximate surface area is 146 Å². The number of hydrogen-bond donors (Lipinski definition) is 0. The van der Waals surface area contributed by atoms with Crippen LogP contribution in [-0.4, -0.2) is 34.9 Å². The predicted molar refractivity (Wildman–Crippen MR) is 97.4 cm³/mol. The molecule has 0 bridgehead atoms. The van der Waals surface area contributed by atoms with E-state index in [4.69, 9.17) is 0 Å². The fourth-order valence-electron chi connectivity index (χ4n) is 5.21. The minimum Gasteiger partial charge on any atom is -0.351 e. The molecular formula is C21H32N2O. The monoisotopic (exact) mass is 328 g/mol. The third-order valence-corrected chi connectivity index (χ3v) is 6.97. The highest BCUT2D eigenvalue weighted by atomic mass is 16.1. The van der Waals surface area contributed by atoms with E-state index in [-0.39, 0.29) is 0 Å². The Morgan fingerprint density at radius 2 is 1.92 bits per heavy atom. The quantitative estimate of drug-likeness (QED) is 0.811. The van der Waals surface area contributed by atoms with Gasteiger partial charge in [-0.05, 0) is 75.4 Å². The summed E-state index contributed by atoms with van der Waals surface area (Å²) in [4.78, 5) is 14.7. The minimum atomic E-state index is 0.355. The van der Waals surface area contributed by atoms with Crippen LogP contribution in [0, 0.1) is 17.8 Å². The molecule has 1 aromatic heterocycles. The molecule has 24 heavy (non-hydrogen) atoms. The average molecular weight is 329 g/mol. The summed E-state index contributed by atoms with van der Waals surface area (Å²) in [6, 6.07) is 2.06. The first-order valence-electron chi connectivity index (χ1n) is 10.2. The number of likely N-dealkylation sites (tertiary alicyclic amines) is 1. The van der Waals surface area contributed by atoms with Crippen LogP contribution < -0.4 is 0 Å². The first-order chi connectivity index (χ1) is 11.7. The second kappa shape index (κ2) is 7.03. The zero-order valence-corrected chi connectivity index (χ0v) is 15.2. The number of piperidine rings is 1. The molecule has 1 saturated carbocycles. The van der Waals surface area contributed by atoms with Crippen LogP contribution in [0.15, 0.2) is 12.3 Å². The first kappa shape index (κ1) is 16.4. The Morgan fingerprint density at radius 1 is 1.08 bits per heavy atom. The summed E-state index contributed by atoms with van der Waals surface area (Å²) >= 11 is 0. The summed E-state index contributed by atoms with van der Waals surface area (Å²) in [5.41, 5.74) is 2.31. The molecule has 0 amide bonds. The summed E-state index contributed by atoms with van der Waals surface area (Å²) in [6.45, 7) is 7.57. The Bertz CT molecular complexity index is 585. The Kier molecular flexibility index (Phi) is 4.80. The van der Waals surface area contributed by atoms with Crippen molar-refractivity contribution >= 4 is 5.78 Å². The maximum absolute atomic E-state index is 12.0. The lowest BCUT2D eigenvalue weighted by molar-refractivity contribution is 0.0368. The van der Waals surface area contributed by atoms with Crippen LogP contribution in [0.2, 0.25) is 0 Å². The molecule has 3 heteroatoms. The van der Waals surface area contributed by atoms with Gasteiger partial charge in [0.2, 0.25) is 0 Å². The van der Waals surface area contributed by atoms with Gasteiger partial charge in [0.1, 0.15) is 0 Å². The van der Waals surface area contributed by atoms with Gasteiger partial charge in [-0.15, -0.1) is 0 Å². The molecule has 1 aromatic rings. The van der Waals surface area contributed by atoms with Crippen LogP contribution in [0.3, 0.4) is 0 Å². The number of nitrogens with zero attached hydrogens (tertiary/aromatic N) is 2. The van der Waals surface area contributed by atoms with Gasteiger partial charge < -0.3 is 9.47 Å². The molecule has 4 rings (SSSR count). The first-order valence-corrected chi connectivity index (χ1v) is 10.2. The molecular weight excluding hydrogens is 296 g/mol. The molecule has 2 aliphatic carbocycles. The smallest absolute Gasteiger partial charge is 0.164 e. The molecule has 3 unspecified atom stereocenters. The molecule has 1 saturated heterocycles. The number of Topliss-reactive ketones (excluding diaryl/α,β-unsaturated/α-hetero) is 1. The lowest BCUT2D eigenvalue weighted by Crippen LogP contribution is -2.44. The Hall–Kier alpha value is -1.09. The molecule has 3 atom stereocenters. The molecule has 2 heterocycles. The normalized spacial score (nSPS) is 30.9. The van der Waals surface area contributed by atoms with Gasteiger partial charge in [-0.1, -0.05) is 13.3 Å². The summed E-state index contributed by atoms with van der Waals surface area (Å²) in [5.74, 6) is 3.04. The van der Waals surface area contributed by atoms with Crippen LogP contribution >= 0.6 is 0 Å². The predicted octanol–water partition coefficient (Wildman–Crippen LogP) is 4.16. The SMILES string of the molecule is CC1C(CCn2ccc3c2CCCC3=O)CC1CN1CCCCC1. The maximum atomic E-state index is 12.0. The second-order valence-corrected chi connectivity index (χ2v) is 8.41. The van der Waals surface area contributed by atoms with E-state index < -0.39 is 0 Å². The van der Waals surface area contributed by atoms with Crippen molar-refractivity contribution in [1.29, 1.82) is 0 Å². The van der Waals surface area contributed by atoms with Gasteiger partial charge in [0.05, 0.1) is 0 Å². The van der Waals surface area contributed by atoms with Crippen LogP contribution in [0.25, 0.3) is 0 Å². The highest BCUT2D eigenvalue weighted by Gasteiger charge is 2.38. The zero-order valence-electron chi connectivity index (χ0n) is 15.2. The molecule has 2 fully saturated rings. The fraction of sp³-hybridized carbons (Fsp3) is 0.762. The van der Waals surface area contributed by atoms with Gasteiger partial charge in [0, 0.05) is 37.0 Å². The van der Waals surface area contributed by atoms with E-state index in [1.807, 2.05) is 0 Å². The van der Waals surface area contributed by atoms with Crippen molar-refractivity contribution in [2.24, 2.45) is 17.8 Å². The second-order valence-electron chi connectivity index (χ2n) is 8.41. The van der Waals surface area contributed by atoms with E-state index in [0.717, 1.165) is 49.1 Å². The van der Waals surface area contributed by atoms with E-state index in [1.165, 1.54) is 57.4 Å². The van der Waals surface area contributed by atoms with Crippen molar-refractivity contribution in [2.45, 2.75) is 64.8 Å². The standard InChI is InChI=1S/C21H32N2O/c1-16-17(14-18(16)15-22-10-3-2-4-11-22)8-12-23-13-9-19-20(23)6-5-7-21(19)24/h9,13,16-18H,2-8,10-12,14-15H2,1H3. The van der Waals surface area contributed by atoms with Crippen molar-refractivity contribution in [3.05, 3.63) is 23.5 Å². The molecule has 1 aliphatic heterocycles. The van der Waals surface area contributed by atoms with Gasteiger partial charge in [-0.3, -0.25) is 4.79 Å². The fourth-order valence-corrected chi connectivity index (χ4v) is 5.21. The molecule has 3 nitrogen and oxygen atoms in total. The summed E-state index contributed by atoms with van der Waals surface area (Å²) in [7, 11) is 0. The van der Waals surface area contributed by atoms with Crippen molar-refractivity contribution < 1.29 is 4.79 Å². The number of carbonyl (C=O) groups is 1. The topological polar surface area (TPSA) is 25.2 Å². The van der Waals surface area contributed by atoms with E-state index >= 15 is 0 Å². The van der Waals surface area contributed by atoms with Gasteiger partial charge in [-0.25, -0.2) is 0 Å². The highest BCUT2D eigenvalue weighted by Crippen LogP contribution is 2.43. The third-order valence-electron chi connectivity index (χ3n) is 6.97. The summed E-state index contributed by atoms with van der Waals surface area (Å²) in [5, 5.41) is 0. The highest BCUT2D eigenvalue weighted by molar-refractivity contribution is 5.98. The molecule has 0 spiro atoms. The van der Waals surface area contributed by atoms with Crippen molar-refractivity contribution in [3.63, 3.8) is 0 Å².